The number of nitrogens with one attached hydrogen (secondary N) is 1. The third-order valence-electron chi connectivity index (χ3n) is 2.06. The summed E-state index contributed by atoms with van der Waals surface area (Å²) in [5.41, 5.74) is 6.90. The van der Waals surface area contributed by atoms with Gasteiger partial charge in [0.2, 0.25) is 5.91 Å². The van der Waals surface area contributed by atoms with E-state index in [-0.39, 0.29) is 12.3 Å². The monoisotopic (exact) mass is 222 g/mol. The highest BCUT2D eigenvalue weighted by Gasteiger charge is 2.13. The van der Waals surface area contributed by atoms with Gasteiger partial charge in [0, 0.05) is 5.69 Å². The lowest BCUT2D eigenvalue weighted by molar-refractivity contribution is -0.141. The number of hydrogen-bond donors (Lipinski definition) is 3. The fourth-order valence-corrected chi connectivity index (χ4v) is 1.24. The van der Waals surface area contributed by atoms with E-state index in [4.69, 9.17) is 10.8 Å². The molecule has 1 atom stereocenters. The van der Waals surface area contributed by atoms with Crippen molar-refractivity contribution in [3.63, 3.8) is 0 Å². The van der Waals surface area contributed by atoms with E-state index in [1.807, 2.05) is 0 Å². The largest absolute Gasteiger partial charge is 0.480 e. The number of carboxylic acid groups (broad SMARTS) is 1. The molecule has 5 heteroatoms. The Balaban J connectivity index is 2.55. The maximum Gasteiger partial charge on any atom is 0.325 e. The van der Waals surface area contributed by atoms with Crippen molar-refractivity contribution < 1.29 is 14.7 Å². The van der Waals surface area contributed by atoms with Crippen LogP contribution in [-0.4, -0.2) is 23.0 Å². The molecule has 0 aromatic heterocycles. The second kappa shape index (κ2) is 5.16. The summed E-state index contributed by atoms with van der Waals surface area (Å²) in [5.74, 6) is -1.39. The maximum atomic E-state index is 11.4. The van der Waals surface area contributed by atoms with Crippen molar-refractivity contribution >= 4 is 17.6 Å². The Morgan fingerprint density at radius 1 is 1.50 bits per heavy atom. The van der Waals surface area contributed by atoms with Gasteiger partial charge in [-0.15, -0.1) is 0 Å². The van der Waals surface area contributed by atoms with E-state index in [1.54, 1.807) is 24.3 Å². The molecule has 1 rings (SSSR count). The molecule has 5 nitrogen and oxygen atoms in total. The van der Waals surface area contributed by atoms with E-state index in [9.17, 15) is 9.59 Å². The molecule has 16 heavy (non-hydrogen) atoms. The Hall–Kier alpha value is -2.04. The van der Waals surface area contributed by atoms with Crippen molar-refractivity contribution in [2.24, 2.45) is 0 Å². The average Bonchev–Trinajstić information content (AvgIpc) is 2.16. The number of carbonyl (C=O) groups excluding carboxylic acids is 1. The maximum absolute atomic E-state index is 11.4. The van der Waals surface area contributed by atoms with Crippen molar-refractivity contribution in [1.82, 2.24) is 5.32 Å². The minimum absolute atomic E-state index is 0.128. The van der Waals surface area contributed by atoms with Crippen LogP contribution in [0.4, 0.5) is 5.69 Å². The predicted octanol–water partition coefficient (Wildman–Crippen LogP) is 0.401. The van der Waals surface area contributed by atoms with Gasteiger partial charge in [0.15, 0.2) is 0 Å². The van der Waals surface area contributed by atoms with Gasteiger partial charge in [-0.2, -0.15) is 0 Å². The number of rotatable bonds is 4. The van der Waals surface area contributed by atoms with Gasteiger partial charge >= 0.3 is 5.97 Å². The van der Waals surface area contributed by atoms with Crippen LogP contribution >= 0.6 is 0 Å². The number of aliphatic carboxylic acids is 1. The molecule has 0 aliphatic heterocycles. The van der Waals surface area contributed by atoms with Gasteiger partial charge in [-0.25, -0.2) is 0 Å². The van der Waals surface area contributed by atoms with Crippen LogP contribution in [0.25, 0.3) is 0 Å². The molecule has 0 radical (unpaired) electrons. The van der Waals surface area contributed by atoms with Crippen LogP contribution in [0.3, 0.4) is 0 Å². The fourth-order valence-electron chi connectivity index (χ4n) is 1.24. The molecule has 1 aromatic rings. The van der Waals surface area contributed by atoms with Crippen LogP contribution in [0.1, 0.15) is 12.5 Å². The molecule has 0 aliphatic carbocycles. The number of carbonyl (C=O) groups is 2. The highest BCUT2D eigenvalue weighted by molar-refractivity contribution is 5.84. The Kier molecular flexibility index (Phi) is 3.88. The Morgan fingerprint density at radius 2 is 2.19 bits per heavy atom. The summed E-state index contributed by atoms with van der Waals surface area (Å²) in [6.45, 7) is 1.42. The molecule has 0 bridgehead atoms. The molecule has 1 amide bonds. The van der Waals surface area contributed by atoms with Crippen molar-refractivity contribution in [3.05, 3.63) is 29.8 Å². The topological polar surface area (TPSA) is 92.4 Å². The van der Waals surface area contributed by atoms with Gasteiger partial charge in [-0.1, -0.05) is 12.1 Å². The molecule has 1 unspecified atom stereocenters. The van der Waals surface area contributed by atoms with Gasteiger partial charge in [0.05, 0.1) is 6.42 Å². The van der Waals surface area contributed by atoms with Gasteiger partial charge < -0.3 is 16.2 Å². The smallest absolute Gasteiger partial charge is 0.325 e. The highest BCUT2D eigenvalue weighted by Crippen LogP contribution is 2.07. The molecule has 0 fully saturated rings. The highest BCUT2D eigenvalue weighted by atomic mass is 16.4. The zero-order chi connectivity index (χ0) is 12.1. The third-order valence-corrected chi connectivity index (χ3v) is 2.06. The van der Waals surface area contributed by atoms with Crippen LogP contribution in [0.2, 0.25) is 0 Å². The summed E-state index contributed by atoms with van der Waals surface area (Å²) in [4.78, 5) is 21.9. The first-order chi connectivity index (χ1) is 7.49. The van der Waals surface area contributed by atoms with Gasteiger partial charge in [-0.05, 0) is 24.6 Å². The second-order valence-electron chi connectivity index (χ2n) is 3.55. The summed E-state index contributed by atoms with van der Waals surface area (Å²) in [6, 6.07) is 6.04. The zero-order valence-electron chi connectivity index (χ0n) is 8.93. The number of carboxylic acids is 1. The van der Waals surface area contributed by atoms with Crippen LogP contribution in [0.5, 0.6) is 0 Å². The van der Waals surface area contributed by atoms with Crippen LogP contribution in [0, 0.1) is 0 Å². The normalized spacial score (nSPS) is 11.8. The number of hydrogen-bond acceptors (Lipinski definition) is 3. The number of anilines is 1. The minimum atomic E-state index is -1.05. The van der Waals surface area contributed by atoms with Crippen molar-refractivity contribution in [3.8, 4) is 0 Å². The summed E-state index contributed by atoms with van der Waals surface area (Å²) in [6.07, 6.45) is 0.128. The molecular weight excluding hydrogens is 208 g/mol. The minimum Gasteiger partial charge on any atom is -0.480 e. The molecular formula is C11H14N2O3. The summed E-state index contributed by atoms with van der Waals surface area (Å²) in [5, 5.41) is 11.0. The fraction of sp³-hybridized carbons (Fsp3) is 0.273. The lowest BCUT2D eigenvalue weighted by Crippen LogP contribution is -2.39. The van der Waals surface area contributed by atoms with E-state index in [0.29, 0.717) is 5.69 Å². The Morgan fingerprint density at radius 3 is 2.75 bits per heavy atom. The van der Waals surface area contributed by atoms with E-state index in [2.05, 4.69) is 5.32 Å². The third kappa shape index (κ3) is 3.61. The van der Waals surface area contributed by atoms with E-state index in [1.165, 1.54) is 6.92 Å². The quantitative estimate of drug-likeness (QED) is 0.643. The average molecular weight is 222 g/mol. The first-order valence-electron chi connectivity index (χ1n) is 4.85. The summed E-state index contributed by atoms with van der Waals surface area (Å²) >= 11 is 0. The first kappa shape index (κ1) is 12.0. The Bertz CT molecular complexity index is 404. The zero-order valence-corrected chi connectivity index (χ0v) is 8.93. The summed E-state index contributed by atoms with van der Waals surface area (Å²) in [7, 11) is 0. The number of nitrogen functional groups attached to an aromatic ring is 1. The van der Waals surface area contributed by atoms with Gasteiger partial charge in [0.25, 0.3) is 0 Å². The van der Waals surface area contributed by atoms with Crippen LogP contribution in [0.15, 0.2) is 24.3 Å². The summed E-state index contributed by atoms with van der Waals surface area (Å²) < 4.78 is 0. The molecule has 0 aliphatic rings. The van der Waals surface area contributed by atoms with Gasteiger partial charge in [-0.3, -0.25) is 9.59 Å². The van der Waals surface area contributed by atoms with Crippen molar-refractivity contribution in [2.45, 2.75) is 19.4 Å². The van der Waals surface area contributed by atoms with E-state index in [0.717, 1.165) is 5.56 Å². The Labute approximate surface area is 93.3 Å². The van der Waals surface area contributed by atoms with Crippen molar-refractivity contribution in [2.75, 3.05) is 5.73 Å². The number of amides is 1. The second-order valence-corrected chi connectivity index (χ2v) is 3.55. The molecule has 1 aromatic carbocycles. The SMILES string of the molecule is CC(NC(=O)Cc1cccc(N)c1)C(=O)O. The van der Waals surface area contributed by atoms with Crippen molar-refractivity contribution in [1.29, 1.82) is 0 Å². The lowest BCUT2D eigenvalue weighted by Gasteiger charge is -2.09. The molecule has 0 spiro atoms. The van der Waals surface area contributed by atoms with E-state index < -0.39 is 12.0 Å². The first-order valence-corrected chi connectivity index (χ1v) is 4.85. The molecule has 0 saturated carbocycles. The predicted molar refractivity (Wildman–Crippen MR) is 59.8 cm³/mol. The molecule has 86 valence electrons. The molecule has 0 saturated heterocycles. The van der Waals surface area contributed by atoms with Crippen LogP contribution < -0.4 is 11.1 Å². The van der Waals surface area contributed by atoms with E-state index >= 15 is 0 Å². The number of benzene rings is 1. The molecule has 4 N–H and O–H groups in total. The molecule has 0 heterocycles. The van der Waals surface area contributed by atoms with Gasteiger partial charge in [0.1, 0.15) is 6.04 Å². The van der Waals surface area contributed by atoms with Crippen LogP contribution in [-0.2, 0) is 16.0 Å². The number of nitrogens with two attached hydrogens (primary N) is 1. The lowest BCUT2D eigenvalue weighted by atomic mass is 10.1. The standard InChI is InChI=1S/C11H14N2O3/c1-7(11(15)16)13-10(14)6-8-3-2-4-9(12)5-8/h2-5,7H,6,12H2,1H3,(H,13,14)(H,15,16).